The number of unbranched alkanes of at least 4 members (excludes halogenated alkanes) is 23. The number of esters is 1. The van der Waals surface area contributed by atoms with E-state index in [4.69, 9.17) is 23.6 Å². The van der Waals surface area contributed by atoms with Gasteiger partial charge in [0.2, 0.25) is 0 Å². The number of aliphatic hydroxyl groups is 2. The average Bonchev–Trinajstić information content (AvgIpc) is 3.18. The number of aliphatic hydroxyl groups excluding tert-OH is 2. The predicted octanol–water partition coefficient (Wildman–Crippen LogP) is 12.4. The average molecular weight is 801 g/mol. The van der Waals surface area contributed by atoms with Crippen LogP contribution in [0.4, 0.5) is 0 Å². The van der Waals surface area contributed by atoms with E-state index in [1.807, 2.05) is 0 Å². The van der Waals surface area contributed by atoms with Crippen LogP contribution in [0.5, 0.6) is 0 Å². The van der Waals surface area contributed by atoms with E-state index in [1.165, 1.54) is 122 Å². The molecule has 0 bridgehead atoms. The molecule has 0 aromatic rings. The Morgan fingerprint density at radius 3 is 1.47 bits per heavy atom. The highest BCUT2D eigenvalue weighted by molar-refractivity contribution is 7.47. The first-order valence-corrected chi connectivity index (χ1v) is 24.0. The third kappa shape index (κ3) is 42.1. The zero-order valence-corrected chi connectivity index (χ0v) is 36.3. The topological polar surface area (TPSA) is 132 Å². The normalized spacial score (nSPS) is 14.3. The minimum atomic E-state index is -4.52. The lowest BCUT2D eigenvalue weighted by molar-refractivity contribution is -0.154. The van der Waals surface area contributed by atoms with E-state index in [0.717, 1.165) is 51.4 Å². The zero-order valence-electron chi connectivity index (χ0n) is 35.4. The van der Waals surface area contributed by atoms with Crippen LogP contribution in [0.1, 0.15) is 200 Å². The molecular weight excluding hydrogens is 715 g/mol. The summed E-state index contributed by atoms with van der Waals surface area (Å²) in [5.74, 6) is -0.393. The molecule has 0 fully saturated rings. The minimum Gasteiger partial charge on any atom is -0.457 e. The second-order valence-electron chi connectivity index (χ2n) is 15.1. The highest BCUT2D eigenvalue weighted by Crippen LogP contribution is 2.43. The highest BCUT2D eigenvalue weighted by Gasteiger charge is 2.26. The number of ether oxygens (including phenoxy) is 2. The van der Waals surface area contributed by atoms with Gasteiger partial charge in [-0.25, -0.2) is 4.57 Å². The van der Waals surface area contributed by atoms with E-state index in [0.29, 0.717) is 13.0 Å². The first kappa shape index (κ1) is 53.7. The van der Waals surface area contributed by atoms with Crippen LogP contribution in [0, 0.1) is 0 Å². The van der Waals surface area contributed by atoms with Crippen molar-refractivity contribution >= 4 is 13.8 Å². The van der Waals surface area contributed by atoms with E-state index in [1.54, 1.807) is 0 Å². The van der Waals surface area contributed by atoms with Gasteiger partial charge in [-0.3, -0.25) is 13.8 Å². The van der Waals surface area contributed by atoms with Gasteiger partial charge in [-0.15, -0.1) is 0 Å². The molecule has 0 radical (unpaired) electrons. The highest BCUT2D eigenvalue weighted by atomic mass is 31.2. The number of carbonyl (C=O) groups excluding carboxylic acids is 1. The lowest BCUT2D eigenvalue weighted by Gasteiger charge is -2.20. The molecule has 0 aromatic carbocycles. The van der Waals surface area contributed by atoms with Gasteiger partial charge < -0.3 is 24.6 Å². The van der Waals surface area contributed by atoms with Crippen molar-refractivity contribution in [1.82, 2.24) is 0 Å². The molecule has 0 rings (SSSR count). The largest absolute Gasteiger partial charge is 0.472 e. The van der Waals surface area contributed by atoms with Crippen molar-refractivity contribution < 1.29 is 43.0 Å². The van der Waals surface area contributed by atoms with Crippen molar-refractivity contribution in [3.05, 3.63) is 36.5 Å². The predicted molar refractivity (Wildman–Crippen MR) is 228 cm³/mol. The fraction of sp³-hybridized carbons (Fsp3) is 0.844. The number of rotatable bonds is 43. The smallest absolute Gasteiger partial charge is 0.457 e. The Hall–Kier alpha value is -1.32. The summed E-state index contributed by atoms with van der Waals surface area (Å²) in [6.07, 6.45) is 45.3. The number of allylic oxidation sites excluding steroid dienone is 6. The third-order valence-corrected chi connectivity index (χ3v) is 10.5. The Balaban J connectivity index is 4.16. The van der Waals surface area contributed by atoms with Crippen LogP contribution in [-0.4, -0.2) is 66.3 Å². The summed E-state index contributed by atoms with van der Waals surface area (Å²) >= 11 is 0. The SMILES string of the molecule is CCCCCCC/C=C\C/C=C\C/C=C\CCCCCCCCC(=O)OC(COCCCCCCCCCCCCCCC)COP(=O)(O)OCC(O)CO. The van der Waals surface area contributed by atoms with Crippen LogP contribution in [-0.2, 0) is 27.9 Å². The van der Waals surface area contributed by atoms with Crippen molar-refractivity contribution in [3.8, 4) is 0 Å². The van der Waals surface area contributed by atoms with E-state index >= 15 is 0 Å². The zero-order chi connectivity index (χ0) is 40.3. The van der Waals surface area contributed by atoms with Crippen molar-refractivity contribution in [3.63, 3.8) is 0 Å². The lowest BCUT2D eigenvalue weighted by Crippen LogP contribution is -2.29. The van der Waals surface area contributed by atoms with Crippen LogP contribution in [0.3, 0.4) is 0 Å². The molecule has 0 aromatic heterocycles. The first-order chi connectivity index (χ1) is 26.8. The Labute approximate surface area is 337 Å². The number of hydrogen-bond acceptors (Lipinski definition) is 8. The van der Waals surface area contributed by atoms with Crippen molar-refractivity contribution in [1.29, 1.82) is 0 Å². The Kier molecular flexibility index (Phi) is 41.3. The Bertz CT molecular complexity index is 955. The van der Waals surface area contributed by atoms with E-state index in [9.17, 15) is 19.4 Å². The molecule has 0 aliphatic rings. The van der Waals surface area contributed by atoms with Crippen LogP contribution in [0.2, 0.25) is 0 Å². The van der Waals surface area contributed by atoms with Gasteiger partial charge in [0.15, 0.2) is 0 Å². The molecule has 3 atom stereocenters. The Morgan fingerprint density at radius 1 is 0.564 bits per heavy atom. The molecule has 3 unspecified atom stereocenters. The molecule has 0 saturated heterocycles. The summed E-state index contributed by atoms with van der Waals surface area (Å²) < 4.78 is 33.4. The van der Waals surface area contributed by atoms with Gasteiger partial charge >= 0.3 is 13.8 Å². The fourth-order valence-electron chi connectivity index (χ4n) is 6.13. The summed E-state index contributed by atoms with van der Waals surface area (Å²) in [4.78, 5) is 22.6. The monoisotopic (exact) mass is 801 g/mol. The number of phosphoric acid groups is 1. The molecule has 0 spiro atoms. The number of phosphoric ester groups is 1. The van der Waals surface area contributed by atoms with Crippen LogP contribution in [0.25, 0.3) is 0 Å². The summed E-state index contributed by atoms with van der Waals surface area (Å²) in [7, 11) is -4.52. The molecule has 324 valence electrons. The van der Waals surface area contributed by atoms with E-state index in [-0.39, 0.29) is 19.6 Å². The summed E-state index contributed by atoms with van der Waals surface area (Å²) in [5, 5.41) is 18.3. The molecule has 3 N–H and O–H groups in total. The lowest BCUT2D eigenvalue weighted by atomic mass is 10.0. The summed E-state index contributed by atoms with van der Waals surface area (Å²) in [5.41, 5.74) is 0. The number of carbonyl (C=O) groups is 1. The van der Waals surface area contributed by atoms with E-state index in [2.05, 4.69) is 50.3 Å². The van der Waals surface area contributed by atoms with Crippen LogP contribution in [0.15, 0.2) is 36.5 Å². The third-order valence-electron chi connectivity index (χ3n) is 9.58. The molecule has 0 aliphatic heterocycles. The molecule has 0 aliphatic carbocycles. The summed E-state index contributed by atoms with van der Waals surface area (Å²) in [6.45, 7) is 3.51. The quantitative estimate of drug-likeness (QED) is 0.0239. The standard InChI is InChI=1S/C45H85O9P/c1-3-5-7-9-11-13-15-17-18-19-20-21-22-23-24-25-27-29-31-33-35-37-45(48)54-44(42-53-55(49,50)52-40-43(47)39-46)41-51-38-36-34-32-30-28-26-16-14-12-10-8-6-4-2/h15,17,19-20,22-23,43-44,46-47H,3-14,16,18,21,24-42H2,1-2H3,(H,49,50)/b17-15-,20-19-,23-22-. The van der Waals surface area contributed by atoms with Gasteiger partial charge in [-0.05, 0) is 51.4 Å². The van der Waals surface area contributed by atoms with Crippen molar-refractivity contribution in [2.24, 2.45) is 0 Å². The van der Waals surface area contributed by atoms with Crippen LogP contribution >= 0.6 is 7.82 Å². The van der Waals surface area contributed by atoms with Crippen molar-refractivity contribution in [2.45, 2.75) is 212 Å². The maximum absolute atomic E-state index is 12.6. The maximum atomic E-state index is 12.6. The molecule has 0 saturated carbocycles. The van der Waals surface area contributed by atoms with Gasteiger partial charge in [0.1, 0.15) is 12.2 Å². The molecular formula is C45H85O9P. The minimum absolute atomic E-state index is 0.0463. The molecule has 0 heterocycles. The number of hydrogen-bond donors (Lipinski definition) is 3. The first-order valence-electron chi connectivity index (χ1n) is 22.5. The molecule has 55 heavy (non-hydrogen) atoms. The molecule has 0 amide bonds. The maximum Gasteiger partial charge on any atom is 0.472 e. The summed E-state index contributed by atoms with van der Waals surface area (Å²) in [6, 6.07) is 0. The van der Waals surface area contributed by atoms with Gasteiger partial charge in [0, 0.05) is 13.0 Å². The van der Waals surface area contributed by atoms with Gasteiger partial charge in [-0.2, -0.15) is 0 Å². The Morgan fingerprint density at radius 2 is 0.982 bits per heavy atom. The second-order valence-corrected chi connectivity index (χ2v) is 16.5. The van der Waals surface area contributed by atoms with E-state index < -0.39 is 39.2 Å². The molecule has 9 nitrogen and oxygen atoms in total. The fourth-order valence-corrected chi connectivity index (χ4v) is 6.92. The second kappa shape index (κ2) is 42.3. The van der Waals surface area contributed by atoms with Crippen LogP contribution < -0.4 is 0 Å². The van der Waals surface area contributed by atoms with Gasteiger partial charge in [0.25, 0.3) is 0 Å². The molecule has 10 heteroatoms. The van der Waals surface area contributed by atoms with Crippen molar-refractivity contribution in [2.75, 3.05) is 33.0 Å². The van der Waals surface area contributed by atoms with Gasteiger partial charge in [0.05, 0.1) is 26.4 Å². The van der Waals surface area contributed by atoms with Gasteiger partial charge in [-0.1, -0.05) is 179 Å².